The summed E-state index contributed by atoms with van der Waals surface area (Å²) in [6.45, 7) is 2.12. The number of para-hydroxylation sites is 1. The number of nitrogens with zero attached hydrogens (tertiary/aromatic N) is 1. The van der Waals surface area contributed by atoms with Crippen molar-refractivity contribution in [3.63, 3.8) is 0 Å². The maximum atomic E-state index is 12.9. The first-order valence-corrected chi connectivity index (χ1v) is 10.7. The first-order chi connectivity index (χ1) is 15.5. The first-order valence-electron chi connectivity index (χ1n) is 10.7. The molecular weight excluding hydrogens is 402 g/mol. The van der Waals surface area contributed by atoms with E-state index in [0.717, 1.165) is 35.0 Å². The summed E-state index contributed by atoms with van der Waals surface area (Å²) >= 11 is 0. The van der Waals surface area contributed by atoms with Crippen LogP contribution in [0, 0.1) is 0 Å². The van der Waals surface area contributed by atoms with E-state index in [4.69, 9.17) is 4.42 Å². The van der Waals surface area contributed by atoms with E-state index >= 15 is 0 Å². The molecule has 0 saturated carbocycles. The highest BCUT2D eigenvalue weighted by Crippen LogP contribution is 2.30. The molecule has 0 atom stereocenters. The van der Waals surface area contributed by atoms with E-state index in [1.807, 2.05) is 68.7 Å². The fraction of sp³-hybridized carbons (Fsp3) is 0.231. The fourth-order valence-electron chi connectivity index (χ4n) is 3.71. The van der Waals surface area contributed by atoms with Gasteiger partial charge in [0.25, 0.3) is 0 Å². The summed E-state index contributed by atoms with van der Waals surface area (Å²) in [6, 6.07) is 20.9. The van der Waals surface area contributed by atoms with E-state index in [9.17, 15) is 9.59 Å². The number of hydrogen-bond acceptors (Lipinski definition) is 5. The fourth-order valence-corrected chi connectivity index (χ4v) is 3.71. The van der Waals surface area contributed by atoms with E-state index < -0.39 is 0 Å². The number of benzene rings is 3. The van der Waals surface area contributed by atoms with E-state index in [0.29, 0.717) is 16.7 Å². The van der Waals surface area contributed by atoms with Crippen LogP contribution in [0.4, 0.5) is 0 Å². The zero-order valence-electron chi connectivity index (χ0n) is 18.4. The second kappa shape index (κ2) is 9.77. The van der Waals surface area contributed by atoms with Crippen molar-refractivity contribution in [2.75, 3.05) is 33.7 Å². The van der Waals surface area contributed by atoms with Crippen LogP contribution in [0.15, 0.2) is 75.9 Å². The van der Waals surface area contributed by atoms with Crippen molar-refractivity contribution >= 4 is 27.6 Å². The minimum atomic E-state index is -0.104. The molecule has 0 radical (unpaired) electrons. The molecule has 0 aliphatic rings. The Hall–Kier alpha value is -3.48. The Bertz CT molecular complexity index is 1310. The van der Waals surface area contributed by atoms with Crippen LogP contribution >= 0.6 is 0 Å². The molecule has 6 nitrogen and oxygen atoms in total. The maximum absolute atomic E-state index is 12.9. The van der Waals surface area contributed by atoms with Crippen molar-refractivity contribution in [3.8, 4) is 11.3 Å². The van der Waals surface area contributed by atoms with Crippen molar-refractivity contribution in [1.82, 2.24) is 15.5 Å². The molecule has 0 spiro atoms. The lowest BCUT2D eigenvalue weighted by Crippen LogP contribution is -2.36. The van der Waals surface area contributed by atoms with Crippen LogP contribution in [0.5, 0.6) is 0 Å². The largest absolute Gasteiger partial charge is 0.455 e. The zero-order valence-corrected chi connectivity index (χ0v) is 18.4. The van der Waals surface area contributed by atoms with Gasteiger partial charge in [-0.25, -0.2) is 0 Å². The lowest BCUT2D eigenvalue weighted by molar-refractivity contribution is -0.120. The van der Waals surface area contributed by atoms with Gasteiger partial charge in [0.15, 0.2) is 5.43 Å². The van der Waals surface area contributed by atoms with Crippen LogP contribution in [0.2, 0.25) is 0 Å². The molecule has 4 rings (SSSR count). The second-order valence-electron chi connectivity index (χ2n) is 8.05. The van der Waals surface area contributed by atoms with Gasteiger partial charge in [0.1, 0.15) is 11.3 Å². The van der Waals surface area contributed by atoms with Gasteiger partial charge in [-0.3, -0.25) is 9.59 Å². The van der Waals surface area contributed by atoms with Crippen LogP contribution in [-0.2, 0) is 11.3 Å². The van der Waals surface area contributed by atoms with Gasteiger partial charge in [0.2, 0.25) is 5.91 Å². The molecule has 0 fully saturated rings. The third-order valence-electron chi connectivity index (χ3n) is 5.39. The van der Waals surface area contributed by atoms with E-state index in [2.05, 4.69) is 15.5 Å². The molecule has 1 heterocycles. The standard InChI is InChI=1S/C26H27N3O3/c1-29(2)14-13-27-17-25(31)28-16-19-9-6-12-22-23(30)15-24(32-26(19)22)21-11-5-8-18-7-3-4-10-20(18)21/h3-12,15,27H,13-14,16-17H2,1-2H3,(H,28,31). The average Bonchev–Trinajstić information content (AvgIpc) is 2.80. The maximum Gasteiger partial charge on any atom is 0.234 e. The predicted octanol–water partition coefficient (Wildman–Crippen LogP) is 3.38. The first kappa shape index (κ1) is 21.7. The van der Waals surface area contributed by atoms with Gasteiger partial charge in [-0.05, 0) is 30.9 Å². The molecule has 2 N–H and O–H groups in total. The molecule has 0 aliphatic carbocycles. The van der Waals surface area contributed by atoms with Crippen LogP contribution in [0.25, 0.3) is 33.1 Å². The second-order valence-corrected chi connectivity index (χ2v) is 8.05. The van der Waals surface area contributed by atoms with Gasteiger partial charge >= 0.3 is 0 Å². The zero-order chi connectivity index (χ0) is 22.5. The molecule has 0 unspecified atom stereocenters. The number of carbonyl (C=O) groups is 1. The third-order valence-corrected chi connectivity index (χ3v) is 5.39. The Kier molecular flexibility index (Phi) is 6.63. The third kappa shape index (κ3) is 4.88. The number of likely N-dealkylation sites (N-methyl/N-ethyl adjacent to an activating group) is 1. The number of hydrogen-bond donors (Lipinski definition) is 2. The predicted molar refractivity (Wildman–Crippen MR) is 129 cm³/mol. The van der Waals surface area contributed by atoms with Crippen molar-refractivity contribution in [1.29, 1.82) is 0 Å². The van der Waals surface area contributed by atoms with Gasteiger partial charge in [-0.2, -0.15) is 0 Å². The Morgan fingerprint density at radius 2 is 1.72 bits per heavy atom. The minimum Gasteiger partial charge on any atom is -0.455 e. The monoisotopic (exact) mass is 429 g/mol. The van der Waals surface area contributed by atoms with Gasteiger partial charge in [0.05, 0.1) is 11.9 Å². The number of carbonyl (C=O) groups excluding carboxylic acids is 1. The SMILES string of the molecule is CN(C)CCNCC(=O)NCc1cccc2c(=O)cc(-c3cccc4ccccc34)oc12. The summed E-state index contributed by atoms with van der Waals surface area (Å²) in [4.78, 5) is 27.1. The summed E-state index contributed by atoms with van der Waals surface area (Å²) < 4.78 is 6.25. The highest BCUT2D eigenvalue weighted by molar-refractivity contribution is 5.96. The highest BCUT2D eigenvalue weighted by Gasteiger charge is 2.13. The molecule has 1 aromatic heterocycles. The normalized spacial score (nSPS) is 11.3. The van der Waals surface area contributed by atoms with Crippen LogP contribution < -0.4 is 16.1 Å². The number of fused-ring (bicyclic) bond motifs is 2. The van der Waals surface area contributed by atoms with Gasteiger partial charge in [-0.1, -0.05) is 54.6 Å². The highest BCUT2D eigenvalue weighted by atomic mass is 16.3. The molecule has 0 saturated heterocycles. The Balaban J connectivity index is 1.60. The lowest BCUT2D eigenvalue weighted by atomic mass is 10.0. The van der Waals surface area contributed by atoms with E-state index in [1.54, 1.807) is 12.1 Å². The molecule has 0 aliphatic heterocycles. The number of nitrogens with one attached hydrogen (secondary N) is 2. The lowest BCUT2D eigenvalue weighted by Gasteiger charge is -2.12. The van der Waals surface area contributed by atoms with Crippen LogP contribution in [0.1, 0.15) is 5.56 Å². The Morgan fingerprint density at radius 1 is 0.969 bits per heavy atom. The van der Waals surface area contributed by atoms with Crippen LogP contribution in [0.3, 0.4) is 0 Å². The molecule has 1 amide bonds. The number of amides is 1. The van der Waals surface area contributed by atoms with E-state index in [1.165, 1.54) is 0 Å². The van der Waals surface area contributed by atoms with Crippen molar-refractivity contribution < 1.29 is 9.21 Å². The Labute approximate surface area is 186 Å². The van der Waals surface area contributed by atoms with Crippen LogP contribution in [-0.4, -0.2) is 44.5 Å². The molecule has 32 heavy (non-hydrogen) atoms. The molecular formula is C26H27N3O3. The van der Waals surface area contributed by atoms with Crippen molar-refractivity contribution in [2.24, 2.45) is 0 Å². The topological polar surface area (TPSA) is 74.6 Å². The number of rotatable bonds is 8. The quantitative estimate of drug-likeness (QED) is 0.420. The van der Waals surface area contributed by atoms with Gasteiger partial charge in [0, 0.05) is 36.8 Å². The molecule has 6 heteroatoms. The molecule has 4 aromatic rings. The van der Waals surface area contributed by atoms with E-state index in [-0.39, 0.29) is 24.4 Å². The summed E-state index contributed by atoms with van der Waals surface area (Å²) in [5, 5.41) is 8.63. The Morgan fingerprint density at radius 3 is 2.56 bits per heavy atom. The summed E-state index contributed by atoms with van der Waals surface area (Å²) in [6.07, 6.45) is 0. The van der Waals surface area contributed by atoms with Crippen molar-refractivity contribution in [2.45, 2.75) is 6.54 Å². The summed E-state index contributed by atoms with van der Waals surface area (Å²) in [5.41, 5.74) is 2.03. The minimum absolute atomic E-state index is 0.103. The summed E-state index contributed by atoms with van der Waals surface area (Å²) in [7, 11) is 3.98. The van der Waals surface area contributed by atoms with Gasteiger partial charge in [-0.15, -0.1) is 0 Å². The average molecular weight is 430 g/mol. The summed E-state index contributed by atoms with van der Waals surface area (Å²) in [5.74, 6) is 0.414. The van der Waals surface area contributed by atoms with Crippen molar-refractivity contribution in [3.05, 3.63) is 82.5 Å². The molecule has 0 bridgehead atoms. The molecule has 3 aromatic carbocycles. The van der Waals surface area contributed by atoms with Gasteiger partial charge < -0.3 is 20.0 Å². The smallest absolute Gasteiger partial charge is 0.234 e. The molecule has 164 valence electrons.